The van der Waals surface area contributed by atoms with Crippen molar-refractivity contribution in [2.75, 3.05) is 23.0 Å². The van der Waals surface area contributed by atoms with E-state index in [4.69, 9.17) is 0 Å². The van der Waals surface area contributed by atoms with Crippen LogP contribution in [0.1, 0.15) is 0 Å². The van der Waals surface area contributed by atoms with E-state index in [9.17, 15) is 10.2 Å². The molecule has 0 fully saturated rings. The topological polar surface area (TPSA) is 40.5 Å². The summed E-state index contributed by atoms with van der Waals surface area (Å²) in [5.41, 5.74) is 0. The summed E-state index contributed by atoms with van der Waals surface area (Å²) >= 11 is 5.47. The molecule has 0 heterocycles. The molecule has 0 radical (unpaired) electrons. The van der Waals surface area contributed by atoms with Crippen molar-refractivity contribution in [1.82, 2.24) is 0 Å². The van der Waals surface area contributed by atoms with Crippen molar-refractivity contribution in [3.05, 3.63) is 48.5 Å². The van der Waals surface area contributed by atoms with Crippen molar-refractivity contribution in [1.29, 1.82) is 0 Å². The molecule has 5 heteroatoms. The molecule has 0 bridgehead atoms. The fourth-order valence-electron chi connectivity index (χ4n) is 1.69. The van der Waals surface area contributed by atoms with Gasteiger partial charge in [0.1, 0.15) is 11.5 Å². The van der Waals surface area contributed by atoms with Gasteiger partial charge in [-0.25, -0.2) is 0 Å². The van der Waals surface area contributed by atoms with Gasteiger partial charge in [0.25, 0.3) is 0 Å². The predicted molar refractivity (Wildman–Crippen MR) is 95.0 cm³/mol. The zero-order valence-corrected chi connectivity index (χ0v) is 14.0. The minimum Gasteiger partial charge on any atom is -0.508 e. The first-order chi connectivity index (χ1) is 10.2. The molecule has 0 atom stereocenters. The first-order valence-corrected chi connectivity index (χ1v) is 9.78. The minimum absolute atomic E-state index is 0.329. The average molecular weight is 339 g/mol. The predicted octanol–water partition coefficient (Wildman–Crippen LogP) is 4.72. The van der Waals surface area contributed by atoms with Crippen LogP contribution in [0, 0.1) is 0 Å². The van der Waals surface area contributed by atoms with Crippen molar-refractivity contribution in [2.24, 2.45) is 0 Å². The molecule has 0 amide bonds. The van der Waals surface area contributed by atoms with Gasteiger partial charge >= 0.3 is 0 Å². The first kappa shape index (κ1) is 16.5. The van der Waals surface area contributed by atoms with Crippen molar-refractivity contribution < 1.29 is 10.2 Å². The quantitative estimate of drug-likeness (QED) is 0.538. The number of hydrogen-bond acceptors (Lipinski definition) is 5. The molecule has 0 aliphatic carbocycles. The Balaban J connectivity index is 1.54. The Morgan fingerprint density at radius 3 is 1.57 bits per heavy atom. The molecular formula is C16H18O2S3. The molecule has 112 valence electrons. The fraction of sp³-hybridized carbons (Fsp3) is 0.250. The lowest BCUT2D eigenvalue weighted by Gasteiger charge is -2.04. The molecule has 0 saturated heterocycles. The molecule has 21 heavy (non-hydrogen) atoms. The average Bonchev–Trinajstić information content (AvgIpc) is 2.46. The van der Waals surface area contributed by atoms with Crippen LogP contribution >= 0.6 is 35.3 Å². The summed E-state index contributed by atoms with van der Waals surface area (Å²) < 4.78 is 0. The number of benzene rings is 2. The van der Waals surface area contributed by atoms with E-state index in [0.717, 1.165) is 32.8 Å². The van der Waals surface area contributed by atoms with Gasteiger partial charge in [-0.2, -0.15) is 11.8 Å². The Morgan fingerprint density at radius 1 is 0.667 bits per heavy atom. The second-order valence-electron chi connectivity index (χ2n) is 4.30. The van der Waals surface area contributed by atoms with E-state index in [2.05, 4.69) is 0 Å². The highest BCUT2D eigenvalue weighted by Crippen LogP contribution is 2.25. The lowest BCUT2D eigenvalue weighted by Crippen LogP contribution is -1.89. The number of phenols is 2. The molecule has 2 nitrogen and oxygen atoms in total. The normalized spacial score (nSPS) is 10.7. The Kier molecular flexibility index (Phi) is 7.19. The number of hydrogen-bond donors (Lipinski definition) is 2. The van der Waals surface area contributed by atoms with Gasteiger partial charge in [-0.05, 0) is 36.4 Å². The maximum atomic E-state index is 9.37. The van der Waals surface area contributed by atoms with Crippen molar-refractivity contribution in [2.45, 2.75) is 9.79 Å². The number of thioether (sulfide) groups is 3. The summed E-state index contributed by atoms with van der Waals surface area (Å²) in [6.45, 7) is 0. The summed E-state index contributed by atoms with van der Waals surface area (Å²) in [6.07, 6.45) is 0. The highest BCUT2D eigenvalue weighted by Gasteiger charge is 1.98. The Hall–Kier alpha value is -0.910. The van der Waals surface area contributed by atoms with E-state index in [-0.39, 0.29) is 0 Å². The van der Waals surface area contributed by atoms with Crippen LogP contribution in [0.15, 0.2) is 58.3 Å². The highest BCUT2D eigenvalue weighted by atomic mass is 32.2. The summed E-state index contributed by atoms with van der Waals surface area (Å²) in [6, 6.07) is 14.8. The smallest absolute Gasteiger partial charge is 0.116 e. The van der Waals surface area contributed by atoms with Crippen molar-refractivity contribution >= 4 is 35.3 Å². The van der Waals surface area contributed by atoms with Gasteiger partial charge in [-0.15, -0.1) is 23.5 Å². The standard InChI is InChI=1S/C16H18O2S3/c17-13-3-1-5-15(11-13)20-9-7-19-8-10-21-16-6-2-4-14(18)12-16/h1-6,11-12,17-18H,7-10H2. The van der Waals surface area contributed by atoms with Gasteiger partial charge in [0.2, 0.25) is 0 Å². The molecule has 0 aromatic heterocycles. The van der Waals surface area contributed by atoms with E-state index < -0.39 is 0 Å². The summed E-state index contributed by atoms with van der Waals surface area (Å²) in [5.74, 6) is 4.95. The van der Waals surface area contributed by atoms with Crippen LogP contribution in [-0.2, 0) is 0 Å². The highest BCUT2D eigenvalue weighted by molar-refractivity contribution is 8.04. The van der Waals surface area contributed by atoms with E-state index in [0.29, 0.717) is 11.5 Å². The Labute approximate surface area is 138 Å². The third-order valence-corrected chi connectivity index (χ3v) is 6.12. The Morgan fingerprint density at radius 2 is 1.14 bits per heavy atom. The van der Waals surface area contributed by atoms with Crippen LogP contribution < -0.4 is 0 Å². The van der Waals surface area contributed by atoms with Gasteiger partial charge in [0.05, 0.1) is 0 Å². The number of phenolic OH excluding ortho intramolecular Hbond substituents is 2. The molecule has 0 aliphatic heterocycles. The second kappa shape index (κ2) is 9.18. The van der Waals surface area contributed by atoms with Gasteiger partial charge in [0.15, 0.2) is 0 Å². The summed E-state index contributed by atoms with van der Waals surface area (Å²) in [4.78, 5) is 2.23. The molecule has 0 unspecified atom stereocenters. The van der Waals surface area contributed by atoms with Gasteiger partial charge in [-0.1, -0.05) is 12.1 Å². The SMILES string of the molecule is Oc1cccc(SCCSCCSc2cccc(O)c2)c1. The maximum absolute atomic E-state index is 9.37. The zero-order valence-electron chi connectivity index (χ0n) is 11.6. The van der Waals surface area contributed by atoms with Gasteiger partial charge < -0.3 is 10.2 Å². The van der Waals surface area contributed by atoms with Gasteiger partial charge in [0, 0.05) is 32.8 Å². The third kappa shape index (κ3) is 6.59. The maximum Gasteiger partial charge on any atom is 0.116 e. The van der Waals surface area contributed by atoms with E-state index in [1.807, 2.05) is 36.0 Å². The van der Waals surface area contributed by atoms with E-state index in [1.165, 1.54) is 0 Å². The second-order valence-corrected chi connectivity index (χ2v) is 7.87. The van der Waals surface area contributed by atoms with Crippen LogP contribution in [0.4, 0.5) is 0 Å². The third-order valence-electron chi connectivity index (χ3n) is 2.63. The van der Waals surface area contributed by atoms with E-state index >= 15 is 0 Å². The molecule has 0 aliphatic rings. The molecule has 2 aromatic rings. The summed E-state index contributed by atoms with van der Waals surface area (Å²) in [7, 11) is 0. The van der Waals surface area contributed by atoms with Crippen LogP contribution in [-0.4, -0.2) is 33.2 Å². The lowest BCUT2D eigenvalue weighted by molar-refractivity contribution is 0.473. The largest absolute Gasteiger partial charge is 0.508 e. The zero-order chi connectivity index (χ0) is 14.9. The first-order valence-electron chi connectivity index (χ1n) is 6.65. The van der Waals surface area contributed by atoms with Crippen molar-refractivity contribution in [3.63, 3.8) is 0 Å². The fourth-order valence-corrected chi connectivity index (χ4v) is 4.73. The molecule has 2 rings (SSSR count). The molecular weight excluding hydrogens is 320 g/mol. The van der Waals surface area contributed by atoms with Crippen LogP contribution in [0.2, 0.25) is 0 Å². The Bertz CT molecular complexity index is 511. The molecule has 0 saturated carbocycles. The van der Waals surface area contributed by atoms with E-state index in [1.54, 1.807) is 47.8 Å². The lowest BCUT2D eigenvalue weighted by atomic mass is 10.3. The van der Waals surface area contributed by atoms with Crippen LogP contribution in [0.3, 0.4) is 0 Å². The van der Waals surface area contributed by atoms with Crippen LogP contribution in [0.25, 0.3) is 0 Å². The minimum atomic E-state index is 0.329. The monoisotopic (exact) mass is 338 g/mol. The van der Waals surface area contributed by atoms with Gasteiger partial charge in [-0.3, -0.25) is 0 Å². The number of aromatic hydroxyl groups is 2. The van der Waals surface area contributed by atoms with Crippen molar-refractivity contribution in [3.8, 4) is 11.5 Å². The molecule has 2 aromatic carbocycles. The number of rotatable bonds is 8. The molecule has 2 N–H and O–H groups in total. The summed E-state index contributed by atoms with van der Waals surface area (Å²) in [5, 5.41) is 18.7. The van der Waals surface area contributed by atoms with Crippen LogP contribution in [0.5, 0.6) is 11.5 Å². The molecule has 0 spiro atoms.